The molecule has 2 aromatic heterocycles. The van der Waals surface area contributed by atoms with Gasteiger partial charge in [-0.3, -0.25) is 14.5 Å². The van der Waals surface area contributed by atoms with Gasteiger partial charge in [0, 0.05) is 132 Å². The van der Waals surface area contributed by atoms with E-state index in [1.165, 1.54) is 90.8 Å². The number of carbonyl (C=O) groups excluding carboxylic acids is 2. The van der Waals surface area contributed by atoms with Crippen molar-refractivity contribution < 1.29 is 9.59 Å². The lowest BCUT2D eigenvalue weighted by Gasteiger charge is -2.28. The number of rotatable bonds is 8. The van der Waals surface area contributed by atoms with Gasteiger partial charge in [-0.15, -0.1) is 27.7 Å². The standard InChI is InChI=1S/C27H25N3O2.C25H20N4S.C24H19N3S.C23H20N4S/c1-18-20(14-15-24-27(2,3)22-12-8-9-13-23(22)29(24)4)25(31)30(26(32)21(18)16-28)17-19-10-6-5-7-11-19;1-25(2)19-11-7-8-12-20(19)29(3)22(25)14-13-21-23(17-9-5-4-6-10-17)28-24(30-21)18(15-26)16-27;1-24(2)19-10-6-7-11-20(19)27(3)22(24)13-12-21-17-8-4-5-9-18(17)23(28-21)16(14-25)15-26;1-23(2)17-11-7-8-12-18(17)27(3)20(23)14-13-19-21(16-9-5-4-6-10-16)26-22(28-19)25-15-24/h5-15H,17H2,1-4H3;4-14H,1-3H3;4-13H,1-3H3;4-14H,1-3H3/b20-14-,24-15+;21-13-,22-14+;21-12-,22-13-;19-13-,20-14+,25-22?. The number of likely N-dealkylation sites (N-methyl/N-ethyl adjacent to an activating group) is 4. The number of thioether (sulfide) groups is 1. The van der Waals surface area contributed by atoms with Gasteiger partial charge in [-0.25, -0.2) is 9.98 Å². The van der Waals surface area contributed by atoms with Gasteiger partial charge in [0.05, 0.1) is 27.0 Å². The average molecular weight is 1600 g/mol. The Morgan fingerprint density at radius 1 is 0.441 bits per heavy atom. The number of hydrogen-bond acceptors (Lipinski definition) is 17. The van der Waals surface area contributed by atoms with Gasteiger partial charge in [0.15, 0.2) is 5.57 Å². The molecule has 16 rings (SSSR count). The lowest BCUT2D eigenvalue weighted by atomic mass is 9.83. The molecule has 580 valence electrons. The smallest absolute Gasteiger partial charge is 0.271 e. The fraction of sp³-hybridized carbons (Fsp3) is 0.182. The van der Waals surface area contributed by atoms with E-state index in [1.807, 2.05) is 177 Å². The molecule has 0 fully saturated rings. The highest BCUT2D eigenvalue weighted by molar-refractivity contribution is 8.18. The van der Waals surface area contributed by atoms with Crippen molar-refractivity contribution >= 4 is 114 Å². The molecule has 10 aromatic rings. The van der Waals surface area contributed by atoms with Gasteiger partial charge in [0.2, 0.25) is 11.4 Å². The van der Waals surface area contributed by atoms with Crippen LogP contribution in [-0.4, -0.2) is 60.8 Å². The van der Waals surface area contributed by atoms with Crippen molar-refractivity contribution in [2.75, 3.05) is 47.8 Å². The van der Waals surface area contributed by atoms with Crippen LogP contribution in [0.3, 0.4) is 0 Å². The van der Waals surface area contributed by atoms with Crippen molar-refractivity contribution in [2.24, 2.45) is 9.98 Å². The summed E-state index contributed by atoms with van der Waals surface area (Å²) in [7, 11) is 8.30. The minimum atomic E-state index is -0.547. The predicted molar refractivity (Wildman–Crippen MR) is 480 cm³/mol. The fourth-order valence-corrected chi connectivity index (χ4v) is 19.1. The highest BCUT2D eigenvalue weighted by Crippen LogP contribution is 2.51. The summed E-state index contributed by atoms with van der Waals surface area (Å²) in [5.41, 5.74) is 19.5. The van der Waals surface area contributed by atoms with Crippen molar-refractivity contribution in [2.45, 2.75) is 90.5 Å². The zero-order valence-corrected chi connectivity index (χ0v) is 70.3. The number of benzene rings is 8. The number of amides is 2. The zero-order chi connectivity index (χ0) is 84.0. The Labute approximate surface area is 701 Å². The quantitative estimate of drug-likeness (QED) is 0.0783. The van der Waals surface area contributed by atoms with Gasteiger partial charge in [0.25, 0.3) is 11.8 Å². The topological polar surface area (TPSA) is 231 Å². The van der Waals surface area contributed by atoms with E-state index in [9.17, 15) is 35.9 Å². The van der Waals surface area contributed by atoms with Crippen molar-refractivity contribution in [3.05, 3.63) is 345 Å². The number of hydrogen-bond donors (Lipinski definition) is 0. The number of thiazole rings is 1. The monoisotopic (exact) mass is 1600 g/mol. The van der Waals surface area contributed by atoms with E-state index in [2.05, 4.69) is 232 Å². The molecule has 2 amide bonds. The van der Waals surface area contributed by atoms with Crippen LogP contribution in [0.2, 0.25) is 0 Å². The van der Waals surface area contributed by atoms with Crippen molar-refractivity contribution in [1.29, 1.82) is 31.6 Å². The molecule has 8 aromatic carbocycles. The van der Waals surface area contributed by atoms with Gasteiger partial charge >= 0.3 is 0 Å². The van der Waals surface area contributed by atoms with E-state index in [4.69, 9.17) is 5.26 Å². The number of fused-ring (bicyclic) bond motifs is 5. The molecule has 0 radical (unpaired) electrons. The second kappa shape index (κ2) is 34.2. The van der Waals surface area contributed by atoms with Crippen molar-refractivity contribution in [3.8, 4) is 47.8 Å². The number of amidine groups is 1. The highest BCUT2D eigenvalue weighted by Gasteiger charge is 2.42. The van der Waals surface area contributed by atoms with Crippen LogP contribution in [0, 0.1) is 68.1 Å². The van der Waals surface area contributed by atoms with Crippen LogP contribution in [0.15, 0.2) is 303 Å². The molecule has 16 nitrogen and oxygen atoms in total. The summed E-state index contributed by atoms with van der Waals surface area (Å²) in [6.07, 6.45) is 18.2. The molecule has 0 bridgehead atoms. The second-order valence-corrected chi connectivity index (χ2v) is 33.9. The Balaban J connectivity index is 0.000000137. The number of nitrogens with zero attached hydrogens (tertiary/aromatic N) is 14. The van der Waals surface area contributed by atoms with Gasteiger partial charge in [0.1, 0.15) is 46.2 Å². The van der Waals surface area contributed by atoms with Crippen LogP contribution >= 0.6 is 34.4 Å². The number of thiophene rings is 1. The summed E-state index contributed by atoms with van der Waals surface area (Å²) < 4.78 is 3.17. The summed E-state index contributed by atoms with van der Waals surface area (Å²) in [5.74, 6) is -0.933. The summed E-state index contributed by atoms with van der Waals surface area (Å²) >= 11 is 4.29. The number of nitriles is 6. The number of para-hydroxylation sites is 4. The minimum absolute atomic E-state index is 0.00695. The molecule has 6 aliphatic rings. The zero-order valence-electron chi connectivity index (χ0n) is 67.8. The molecule has 19 heteroatoms. The highest BCUT2D eigenvalue weighted by atomic mass is 32.2. The van der Waals surface area contributed by atoms with Crippen molar-refractivity contribution in [1.82, 2.24) is 9.88 Å². The third kappa shape index (κ3) is 15.6. The van der Waals surface area contributed by atoms with Gasteiger partial charge < -0.3 is 19.6 Å². The Morgan fingerprint density at radius 2 is 0.839 bits per heavy atom. The predicted octanol–water partition coefficient (Wildman–Crippen LogP) is 18.2. The van der Waals surface area contributed by atoms with Crippen molar-refractivity contribution in [3.63, 3.8) is 0 Å². The Morgan fingerprint density at radius 3 is 1.28 bits per heavy atom. The molecule has 0 saturated carbocycles. The normalized spacial score (nSPS) is 18.8. The Hall–Kier alpha value is -14.0. The third-order valence-corrected chi connectivity index (χ3v) is 25.6. The average Bonchev–Trinajstić information content (AvgIpc) is 1.59. The molecular formula is C99H84N14O2S3. The molecule has 0 aliphatic carbocycles. The largest absolute Gasteiger partial charge is 0.347 e. The fourth-order valence-electron chi connectivity index (χ4n) is 16.3. The molecule has 8 heterocycles. The number of imide groups is 1. The molecule has 0 unspecified atom stereocenters. The Kier molecular flexibility index (Phi) is 23.8. The van der Waals surface area contributed by atoms with E-state index >= 15 is 0 Å². The number of aliphatic imine (C=N–C) groups is 2. The van der Waals surface area contributed by atoms with Crippen LogP contribution in [-0.2, 0) is 37.8 Å². The van der Waals surface area contributed by atoms with Crippen LogP contribution in [0.4, 0.5) is 22.7 Å². The number of carbonyl (C=O) groups is 2. The maximum absolute atomic E-state index is 13.3. The van der Waals surface area contributed by atoms with Gasteiger partial charge in [-0.05, 0) is 125 Å². The van der Waals surface area contributed by atoms with E-state index in [0.717, 1.165) is 73.7 Å². The molecule has 6 aliphatic heterocycles. The van der Waals surface area contributed by atoms with E-state index < -0.39 is 5.91 Å². The first-order valence-electron chi connectivity index (χ1n) is 38.3. The molecule has 0 atom stereocenters. The molecule has 0 spiro atoms. The molecule has 0 N–H and O–H groups in total. The Bertz CT molecular complexity index is 6570. The van der Waals surface area contributed by atoms with Crippen LogP contribution in [0.1, 0.15) is 95.7 Å². The summed E-state index contributed by atoms with van der Waals surface area (Å²) in [6.45, 7) is 19.5. The van der Waals surface area contributed by atoms with Crippen LogP contribution in [0.25, 0.3) is 45.3 Å². The maximum Gasteiger partial charge on any atom is 0.271 e. The van der Waals surface area contributed by atoms with E-state index in [-0.39, 0.29) is 50.8 Å². The number of allylic oxidation sites excluding steroid dienone is 11. The minimum Gasteiger partial charge on any atom is -0.347 e. The summed E-state index contributed by atoms with van der Waals surface area (Å²) in [4.78, 5) is 50.2. The maximum atomic E-state index is 13.3. The summed E-state index contributed by atoms with van der Waals surface area (Å²) in [5, 5.41) is 58.3. The van der Waals surface area contributed by atoms with E-state index in [1.54, 1.807) is 13.0 Å². The third-order valence-electron chi connectivity index (χ3n) is 22.4. The number of anilines is 4. The SMILES string of the molecule is CC1=C(C#N)C(=O)N(Cc2ccccc2)C(=O)/C1=C\C=C1\N(C)c2ccccc2C1(C)C.CN1/C(=C/C=C2\SC(=NC#N)N=C2c2ccccc2)C(C)(C)c2ccccc21.CN1/C(=C/C=c2\sc(=C(C#N)C#N)nc2-c2ccccc2)C(C)(C)c2ccccc21.CN1/C(=C\C=c2/sc(=C(C#N)C#N)c3ccccc23)C(C)(C)c2ccccc21. The lowest BCUT2D eigenvalue weighted by Crippen LogP contribution is -2.42. The first-order valence-corrected chi connectivity index (χ1v) is 40.7. The number of aromatic nitrogens is 1. The molecular weight excluding hydrogens is 1510 g/mol. The first kappa shape index (κ1) is 82.0. The van der Waals surface area contributed by atoms with Crippen LogP contribution < -0.4 is 37.9 Å². The molecule has 0 saturated heterocycles. The van der Waals surface area contributed by atoms with Crippen LogP contribution in [0.5, 0.6) is 0 Å². The first-order chi connectivity index (χ1) is 56.7. The second-order valence-electron chi connectivity index (χ2n) is 30.8. The molecule has 118 heavy (non-hydrogen) atoms. The lowest BCUT2D eigenvalue weighted by molar-refractivity contribution is -0.141. The van der Waals surface area contributed by atoms with Gasteiger partial charge in [-0.1, -0.05) is 243 Å². The summed E-state index contributed by atoms with van der Waals surface area (Å²) in [6, 6.07) is 80.8. The van der Waals surface area contributed by atoms with E-state index in [0.29, 0.717) is 21.0 Å². The van der Waals surface area contributed by atoms with Gasteiger partial charge in [-0.2, -0.15) is 31.6 Å².